The van der Waals surface area contributed by atoms with Crippen molar-refractivity contribution in [1.82, 2.24) is 0 Å². The van der Waals surface area contributed by atoms with E-state index >= 15 is 0 Å². The minimum atomic E-state index is -0.202. The molecule has 0 bridgehead atoms. The number of hydrogen-bond acceptors (Lipinski definition) is 2. The third-order valence-electron chi connectivity index (χ3n) is 3.86. The molecule has 2 aromatic carbocycles. The molecule has 3 rings (SSSR count). The van der Waals surface area contributed by atoms with Gasteiger partial charge < -0.3 is 10.5 Å². The van der Waals surface area contributed by atoms with E-state index in [1.54, 1.807) is 0 Å². The van der Waals surface area contributed by atoms with Crippen molar-refractivity contribution in [1.29, 1.82) is 0 Å². The summed E-state index contributed by atoms with van der Waals surface area (Å²) >= 11 is 6.20. The molecule has 1 heterocycles. The van der Waals surface area contributed by atoms with Crippen LogP contribution in [0.5, 0.6) is 5.75 Å². The number of hydrogen-bond donors (Lipinski definition) is 1. The lowest BCUT2D eigenvalue weighted by molar-refractivity contribution is 0.352. The average molecular weight is 288 g/mol. The highest BCUT2D eigenvalue weighted by molar-refractivity contribution is 6.30. The van der Waals surface area contributed by atoms with Crippen molar-refractivity contribution in [3.05, 3.63) is 63.7 Å². The summed E-state index contributed by atoms with van der Waals surface area (Å²) in [5.41, 5.74) is 11.0. The third-order valence-corrected chi connectivity index (χ3v) is 4.08. The van der Waals surface area contributed by atoms with Gasteiger partial charge in [0.25, 0.3) is 0 Å². The summed E-state index contributed by atoms with van der Waals surface area (Å²) in [7, 11) is 0. The Kier molecular flexibility index (Phi) is 3.68. The summed E-state index contributed by atoms with van der Waals surface area (Å²) in [5, 5.41) is 0.727. The van der Waals surface area contributed by atoms with Crippen LogP contribution in [0.1, 0.15) is 35.2 Å². The summed E-state index contributed by atoms with van der Waals surface area (Å²) in [5.74, 6) is 0.918. The first-order chi connectivity index (χ1) is 9.69. The van der Waals surface area contributed by atoms with Crippen LogP contribution in [0.2, 0.25) is 5.02 Å². The van der Waals surface area contributed by atoms with Crippen LogP contribution in [0, 0.1) is 0 Å². The molecule has 1 aliphatic heterocycles. The monoisotopic (exact) mass is 287 g/mol. The number of nitrogens with two attached hydrogens (primary N) is 1. The first kappa shape index (κ1) is 13.5. The molecular weight excluding hydrogens is 270 g/mol. The Hall–Kier alpha value is -1.51. The molecule has 1 unspecified atom stereocenters. The molecule has 0 saturated carbocycles. The summed E-state index contributed by atoms with van der Waals surface area (Å²) in [4.78, 5) is 0. The van der Waals surface area contributed by atoms with Crippen LogP contribution < -0.4 is 10.5 Å². The lowest BCUT2D eigenvalue weighted by atomic mass is 9.95. The van der Waals surface area contributed by atoms with Crippen molar-refractivity contribution in [3.63, 3.8) is 0 Å². The van der Waals surface area contributed by atoms with Gasteiger partial charge in [-0.2, -0.15) is 0 Å². The highest BCUT2D eigenvalue weighted by atomic mass is 35.5. The number of aryl methyl sites for hydroxylation is 1. The SMILES string of the molecule is CCc1ccc(C(N)c2cc(Cl)cc3c2OCC3)cc1. The summed E-state index contributed by atoms with van der Waals surface area (Å²) in [6, 6.07) is 12.1. The third kappa shape index (κ3) is 2.41. The molecule has 0 saturated heterocycles. The van der Waals surface area contributed by atoms with Crippen LogP contribution in [0.4, 0.5) is 0 Å². The van der Waals surface area contributed by atoms with Gasteiger partial charge >= 0.3 is 0 Å². The van der Waals surface area contributed by atoms with Gasteiger partial charge in [-0.05, 0) is 35.2 Å². The minimum absolute atomic E-state index is 0.202. The highest BCUT2D eigenvalue weighted by Gasteiger charge is 2.22. The Morgan fingerprint density at radius 3 is 2.70 bits per heavy atom. The smallest absolute Gasteiger partial charge is 0.127 e. The minimum Gasteiger partial charge on any atom is -0.493 e. The van der Waals surface area contributed by atoms with Crippen molar-refractivity contribution in [2.45, 2.75) is 25.8 Å². The van der Waals surface area contributed by atoms with E-state index in [1.807, 2.05) is 12.1 Å². The van der Waals surface area contributed by atoms with E-state index in [4.69, 9.17) is 22.1 Å². The lowest BCUT2D eigenvalue weighted by Gasteiger charge is -2.17. The highest BCUT2D eigenvalue weighted by Crippen LogP contribution is 2.37. The molecule has 0 spiro atoms. The Morgan fingerprint density at radius 2 is 2.00 bits per heavy atom. The van der Waals surface area contributed by atoms with Crippen molar-refractivity contribution in [3.8, 4) is 5.75 Å². The maximum atomic E-state index is 6.41. The van der Waals surface area contributed by atoms with Crippen LogP contribution in [0.15, 0.2) is 36.4 Å². The standard InChI is InChI=1S/C17H18ClNO/c1-2-11-3-5-12(6-4-11)16(19)15-10-14(18)9-13-7-8-20-17(13)15/h3-6,9-10,16H,2,7-8,19H2,1H3. The maximum Gasteiger partial charge on any atom is 0.127 e. The molecule has 1 aliphatic rings. The zero-order valence-corrected chi connectivity index (χ0v) is 12.3. The number of rotatable bonds is 3. The molecule has 0 aliphatic carbocycles. The number of halogens is 1. The van der Waals surface area contributed by atoms with E-state index in [0.29, 0.717) is 6.61 Å². The second-order valence-corrected chi connectivity index (χ2v) is 5.59. The van der Waals surface area contributed by atoms with Gasteiger partial charge in [0.05, 0.1) is 12.6 Å². The van der Waals surface area contributed by atoms with Crippen molar-refractivity contribution in [2.24, 2.45) is 5.73 Å². The molecule has 0 amide bonds. The predicted octanol–water partition coefficient (Wildman–Crippen LogP) is 3.89. The molecule has 104 valence electrons. The first-order valence-electron chi connectivity index (χ1n) is 6.98. The lowest BCUT2D eigenvalue weighted by Crippen LogP contribution is -2.13. The summed E-state index contributed by atoms with van der Waals surface area (Å²) < 4.78 is 5.73. The van der Waals surface area contributed by atoms with E-state index in [9.17, 15) is 0 Å². The fourth-order valence-corrected chi connectivity index (χ4v) is 2.92. The number of ether oxygens (including phenoxy) is 1. The Morgan fingerprint density at radius 1 is 1.25 bits per heavy atom. The molecule has 20 heavy (non-hydrogen) atoms. The van der Waals surface area contributed by atoms with Gasteiger partial charge in [0, 0.05) is 17.0 Å². The second-order valence-electron chi connectivity index (χ2n) is 5.15. The Balaban J connectivity index is 1.99. The van der Waals surface area contributed by atoms with Gasteiger partial charge in [-0.1, -0.05) is 42.8 Å². The second kappa shape index (κ2) is 5.47. The Labute approximate surface area is 124 Å². The predicted molar refractivity (Wildman–Crippen MR) is 82.5 cm³/mol. The molecular formula is C17H18ClNO. The number of benzene rings is 2. The van der Waals surface area contributed by atoms with Crippen molar-refractivity contribution in [2.75, 3.05) is 6.61 Å². The van der Waals surface area contributed by atoms with Gasteiger partial charge in [0.15, 0.2) is 0 Å². The van der Waals surface area contributed by atoms with Gasteiger partial charge in [0.2, 0.25) is 0 Å². The van der Waals surface area contributed by atoms with Gasteiger partial charge in [0.1, 0.15) is 5.75 Å². The fraction of sp³-hybridized carbons (Fsp3) is 0.294. The normalized spacial score (nSPS) is 14.8. The van der Waals surface area contributed by atoms with E-state index in [1.165, 1.54) is 5.56 Å². The molecule has 3 heteroatoms. The van der Waals surface area contributed by atoms with E-state index in [2.05, 4.69) is 31.2 Å². The maximum absolute atomic E-state index is 6.41. The topological polar surface area (TPSA) is 35.2 Å². The molecule has 2 N–H and O–H groups in total. The quantitative estimate of drug-likeness (QED) is 0.930. The molecule has 2 aromatic rings. The van der Waals surface area contributed by atoms with Gasteiger partial charge in [-0.15, -0.1) is 0 Å². The molecule has 0 radical (unpaired) electrons. The van der Waals surface area contributed by atoms with Crippen LogP contribution in [-0.2, 0) is 12.8 Å². The number of fused-ring (bicyclic) bond motifs is 1. The van der Waals surface area contributed by atoms with E-state index < -0.39 is 0 Å². The van der Waals surface area contributed by atoms with Crippen LogP contribution in [-0.4, -0.2) is 6.61 Å². The zero-order chi connectivity index (χ0) is 14.1. The summed E-state index contributed by atoms with van der Waals surface area (Å²) in [6.45, 7) is 2.86. The first-order valence-corrected chi connectivity index (χ1v) is 7.36. The van der Waals surface area contributed by atoms with E-state index in [-0.39, 0.29) is 6.04 Å². The fourth-order valence-electron chi connectivity index (χ4n) is 2.67. The molecule has 0 aromatic heterocycles. The summed E-state index contributed by atoms with van der Waals surface area (Å²) in [6.07, 6.45) is 1.94. The molecule has 2 nitrogen and oxygen atoms in total. The van der Waals surface area contributed by atoms with Crippen molar-refractivity contribution >= 4 is 11.6 Å². The van der Waals surface area contributed by atoms with Crippen LogP contribution >= 0.6 is 11.6 Å². The van der Waals surface area contributed by atoms with Crippen LogP contribution in [0.3, 0.4) is 0 Å². The average Bonchev–Trinajstić information content (AvgIpc) is 2.94. The molecule has 0 fully saturated rings. The Bertz CT molecular complexity index is 622. The molecule has 1 atom stereocenters. The van der Waals surface area contributed by atoms with E-state index in [0.717, 1.165) is 40.3 Å². The zero-order valence-electron chi connectivity index (χ0n) is 11.5. The van der Waals surface area contributed by atoms with Gasteiger partial charge in [-0.3, -0.25) is 0 Å². The van der Waals surface area contributed by atoms with Gasteiger partial charge in [-0.25, -0.2) is 0 Å². The van der Waals surface area contributed by atoms with Crippen LogP contribution in [0.25, 0.3) is 0 Å². The van der Waals surface area contributed by atoms with Crippen molar-refractivity contribution < 1.29 is 4.74 Å². The largest absolute Gasteiger partial charge is 0.493 e.